The van der Waals surface area contributed by atoms with Crippen molar-refractivity contribution in [1.82, 2.24) is 4.90 Å². The number of hydrogen-bond acceptors (Lipinski definition) is 4. The van der Waals surface area contributed by atoms with Crippen LogP contribution in [0.5, 0.6) is 0 Å². The Morgan fingerprint density at radius 3 is 2.67 bits per heavy atom. The molecule has 1 aromatic rings. The molecule has 1 aliphatic heterocycles. The Balaban J connectivity index is 1.92. The number of sulfone groups is 1. The predicted octanol–water partition coefficient (Wildman–Crippen LogP) is 1.08. The van der Waals surface area contributed by atoms with Crippen molar-refractivity contribution in [3.8, 4) is 0 Å². The minimum atomic E-state index is -3.41. The number of nitrogens with zero attached hydrogens (tertiary/aromatic N) is 1. The van der Waals surface area contributed by atoms with Crippen LogP contribution in [0.3, 0.4) is 0 Å². The normalized spacial score (nSPS) is 19.5. The van der Waals surface area contributed by atoms with Crippen molar-refractivity contribution in [1.29, 1.82) is 0 Å². The van der Waals surface area contributed by atoms with Crippen molar-refractivity contribution in [3.63, 3.8) is 0 Å². The molecular formula is C15H21NO4S. The minimum Gasteiger partial charge on any atom is -0.396 e. The number of aliphatic hydroxyl groups excluding tert-OH is 1. The van der Waals surface area contributed by atoms with Gasteiger partial charge < -0.3 is 10.0 Å². The van der Waals surface area contributed by atoms with Crippen LogP contribution >= 0.6 is 0 Å². The van der Waals surface area contributed by atoms with E-state index in [1.54, 1.807) is 35.2 Å². The third kappa shape index (κ3) is 4.28. The molecule has 21 heavy (non-hydrogen) atoms. The van der Waals surface area contributed by atoms with Crippen LogP contribution in [-0.2, 0) is 14.6 Å². The number of amides is 1. The van der Waals surface area contributed by atoms with E-state index >= 15 is 0 Å². The highest BCUT2D eigenvalue weighted by molar-refractivity contribution is 7.91. The molecule has 1 heterocycles. The number of piperidine rings is 1. The summed E-state index contributed by atoms with van der Waals surface area (Å²) in [5.74, 6) is -0.197. The highest BCUT2D eigenvalue weighted by Gasteiger charge is 2.24. The number of hydrogen-bond donors (Lipinski definition) is 1. The summed E-state index contributed by atoms with van der Waals surface area (Å²) in [5, 5.41) is 9.16. The summed E-state index contributed by atoms with van der Waals surface area (Å²) in [5.41, 5.74) is 0. The number of likely N-dealkylation sites (tertiary alicyclic amines) is 1. The third-order valence-corrected chi connectivity index (χ3v) is 5.55. The van der Waals surface area contributed by atoms with Crippen LogP contribution in [0.15, 0.2) is 35.2 Å². The standard InChI is InChI=1S/C15H21NO4S/c17-12-13-5-4-9-16(11-13)15(18)8-10-21(19,20)14-6-2-1-3-7-14/h1-3,6-7,13,17H,4-5,8-12H2. The molecule has 2 rings (SSSR count). The van der Waals surface area contributed by atoms with Gasteiger partial charge >= 0.3 is 0 Å². The molecule has 0 bridgehead atoms. The van der Waals surface area contributed by atoms with Gasteiger partial charge in [0.1, 0.15) is 0 Å². The van der Waals surface area contributed by atoms with Crippen LogP contribution in [0.4, 0.5) is 0 Å². The van der Waals surface area contributed by atoms with Crippen LogP contribution in [-0.4, -0.2) is 49.8 Å². The van der Waals surface area contributed by atoms with Crippen molar-refractivity contribution >= 4 is 15.7 Å². The lowest BCUT2D eigenvalue weighted by atomic mass is 9.99. The molecule has 1 atom stereocenters. The Kier molecular flexibility index (Phi) is 5.36. The summed E-state index contributed by atoms with van der Waals surface area (Å²) in [7, 11) is -3.41. The van der Waals surface area contributed by atoms with Crippen LogP contribution in [0, 0.1) is 5.92 Å². The van der Waals surface area contributed by atoms with E-state index in [9.17, 15) is 13.2 Å². The third-order valence-electron chi connectivity index (χ3n) is 3.82. The van der Waals surface area contributed by atoms with Gasteiger partial charge in [-0.25, -0.2) is 8.42 Å². The SMILES string of the molecule is O=C(CCS(=O)(=O)c1ccccc1)N1CCCC(CO)C1. The van der Waals surface area contributed by atoms with Gasteiger partial charge in [0.15, 0.2) is 9.84 Å². The molecule has 5 nitrogen and oxygen atoms in total. The fourth-order valence-electron chi connectivity index (χ4n) is 2.57. The van der Waals surface area contributed by atoms with Crippen LogP contribution in [0.2, 0.25) is 0 Å². The molecular weight excluding hydrogens is 290 g/mol. The second-order valence-corrected chi connectivity index (χ2v) is 7.52. The van der Waals surface area contributed by atoms with E-state index in [1.807, 2.05) is 0 Å². The quantitative estimate of drug-likeness (QED) is 0.883. The number of aliphatic hydroxyl groups is 1. The van der Waals surface area contributed by atoms with Gasteiger partial charge in [0.05, 0.1) is 10.6 Å². The molecule has 1 fully saturated rings. The molecule has 0 aromatic heterocycles. The summed E-state index contributed by atoms with van der Waals surface area (Å²) in [6.07, 6.45) is 1.78. The van der Waals surface area contributed by atoms with Gasteiger partial charge in [-0.1, -0.05) is 18.2 Å². The molecule has 1 N–H and O–H groups in total. The zero-order valence-corrected chi connectivity index (χ0v) is 12.8. The van der Waals surface area contributed by atoms with Gasteiger partial charge in [0.25, 0.3) is 0 Å². The summed E-state index contributed by atoms with van der Waals surface area (Å²) >= 11 is 0. The molecule has 1 aromatic carbocycles. The number of benzene rings is 1. The fourth-order valence-corrected chi connectivity index (χ4v) is 3.82. The molecule has 1 unspecified atom stereocenters. The smallest absolute Gasteiger partial charge is 0.223 e. The van der Waals surface area contributed by atoms with E-state index in [0.717, 1.165) is 12.8 Å². The van der Waals surface area contributed by atoms with Crippen LogP contribution < -0.4 is 0 Å². The van der Waals surface area contributed by atoms with E-state index in [2.05, 4.69) is 0 Å². The Morgan fingerprint density at radius 2 is 2.00 bits per heavy atom. The average Bonchev–Trinajstić information content (AvgIpc) is 2.53. The first kappa shape index (κ1) is 16.0. The first-order chi connectivity index (χ1) is 10.0. The van der Waals surface area contributed by atoms with Crippen molar-refractivity contribution in [3.05, 3.63) is 30.3 Å². The lowest BCUT2D eigenvalue weighted by Crippen LogP contribution is -2.41. The molecule has 0 spiro atoms. The van der Waals surface area contributed by atoms with Gasteiger partial charge in [-0.05, 0) is 30.9 Å². The molecule has 1 saturated heterocycles. The monoisotopic (exact) mass is 311 g/mol. The molecule has 0 aliphatic carbocycles. The van der Waals surface area contributed by atoms with Gasteiger partial charge in [-0.2, -0.15) is 0 Å². The van der Waals surface area contributed by atoms with Crippen LogP contribution in [0.1, 0.15) is 19.3 Å². The maximum atomic E-state index is 12.1. The van der Waals surface area contributed by atoms with E-state index in [-0.39, 0.29) is 35.5 Å². The first-order valence-corrected chi connectivity index (χ1v) is 8.84. The first-order valence-electron chi connectivity index (χ1n) is 7.19. The van der Waals surface area contributed by atoms with Crippen LogP contribution in [0.25, 0.3) is 0 Å². The predicted molar refractivity (Wildman–Crippen MR) is 79.5 cm³/mol. The number of rotatable bonds is 5. The minimum absolute atomic E-state index is 0.00459. The lowest BCUT2D eigenvalue weighted by molar-refractivity contribution is -0.132. The molecule has 1 aliphatic rings. The number of carbonyl (C=O) groups excluding carboxylic acids is 1. The van der Waals surface area contributed by atoms with E-state index in [1.165, 1.54) is 0 Å². The second kappa shape index (κ2) is 7.04. The Labute approximate surface area is 125 Å². The van der Waals surface area contributed by atoms with Gasteiger partial charge in [0.2, 0.25) is 5.91 Å². The largest absolute Gasteiger partial charge is 0.396 e. The van der Waals surface area contributed by atoms with Gasteiger partial charge in [-0.3, -0.25) is 4.79 Å². The maximum absolute atomic E-state index is 12.1. The van der Waals surface area contributed by atoms with Crippen molar-refractivity contribution in [2.45, 2.75) is 24.2 Å². The Morgan fingerprint density at radius 1 is 1.29 bits per heavy atom. The van der Waals surface area contributed by atoms with Crippen molar-refractivity contribution < 1.29 is 18.3 Å². The van der Waals surface area contributed by atoms with Crippen molar-refractivity contribution in [2.24, 2.45) is 5.92 Å². The molecule has 1 amide bonds. The summed E-state index contributed by atoms with van der Waals surface area (Å²) in [6.45, 7) is 1.26. The topological polar surface area (TPSA) is 74.7 Å². The zero-order chi connectivity index (χ0) is 15.3. The maximum Gasteiger partial charge on any atom is 0.223 e. The molecule has 6 heteroatoms. The highest BCUT2D eigenvalue weighted by atomic mass is 32.2. The summed E-state index contributed by atoms with van der Waals surface area (Å²) < 4.78 is 24.3. The lowest BCUT2D eigenvalue weighted by Gasteiger charge is -2.31. The highest BCUT2D eigenvalue weighted by Crippen LogP contribution is 2.17. The molecule has 0 saturated carbocycles. The molecule has 116 valence electrons. The Hall–Kier alpha value is -1.40. The molecule has 0 radical (unpaired) electrons. The second-order valence-electron chi connectivity index (χ2n) is 5.41. The van der Waals surface area contributed by atoms with Gasteiger partial charge in [-0.15, -0.1) is 0 Å². The van der Waals surface area contributed by atoms with E-state index in [0.29, 0.717) is 13.1 Å². The van der Waals surface area contributed by atoms with Gasteiger partial charge in [0, 0.05) is 26.1 Å². The average molecular weight is 311 g/mol. The Bertz CT molecular complexity index is 571. The van der Waals surface area contributed by atoms with E-state index in [4.69, 9.17) is 5.11 Å². The zero-order valence-electron chi connectivity index (χ0n) is 11.9. The van der Waals surface area contributed by atoms with E-state index < -0.39 is 9.84 Å². The summed E-state index contributed by atoms with van der Waals surface area (Å²) in [6, 6.07) is 8.19. The number of carbonyl (C=O) groups is 1. The summed E-state index contributed by atoms with van der Waals surface area (Å²) in [4.78, 5) is 14.0. The fraction of sp³-hybridized carbons (Fsp3) is 0.533. The van der Waals surface area contributed by atoms with Crippen molar-refractivity contribution in [2.75, 3.05) is 25.4 Å².